The topological polar surface area (TPSA) is 929 Å². The van der Waals surface area contributed by atoms with Gasteiger partial charge < -0.3 is 166 Å². The van der Waals surface area contributed by atoms with Gasteiger partial charge in [0, 0.05) is 25.8 Å². The monoisotopic (exact) mass is 1680 g/mol. The first-order valence-electron chi connectivity index (χ1n) is 36.1. The number of hydrogen-bond donors (Lipinski definition) is 31. The quantitative estimate of drug-likeness (QED) is 0.0153. The molecule has 0 radical (unpaired) electrons. The average molecular weight is 1680 g/mol. The Labute approximate surface area is 666 Å². The van der Waals surface area contributed by atoms with Crippen molar-refractivity contribution < 1.29 is 147 Å². The zero-order valence-electron chi connectivity index (χ0n) is 63.9. The second-order valence-corrected chi connectivity index (χ2v) is 26.2. The number of primary amides is 3. The lowest BCUT2D eigenvalue weighted by atomic mass is 10.0. The average Bonchev–Trinajstić information content (AvgIpc) is 0.852. The Bertz CT molecular complexity index is 3490. The maximum absolute atomic E-state index is 14.2. The molecule has 0 unspecified atom stereocenters. The van der Waals surface area contributed by atoms with Crippen molar-refractivity contribution in [1.29, 1.82) is 0 Å². The lowest BCUT2D eigenvalue weighted by Crippen LogP contribution is -2.63. The molecular formula is C64H109N23O30. The zero-order chi connectivity index (χ0) is 89.5. The summed E-state index contributed by atoms with van der Waals surface area (Å²) in [6.45, 7) is -2.30. The van der Waals surface area contributed by atoms with Crippen molar-refractivity contribution in [3.8, 4) is 0 Å². The fraction of sp³-hybridized carbons (Fsp3) is 0.656. The summed E-state index contributed by atoms with van der Waals surface area (Å²) in [6.07, 6.45) is -11.9. The minimum atomic E-state index is -2.32. The maximum Gasteiger partial charge on any atom is 0.326 e. The Morgan fingerprint density at radius 3 is 0.940 bits per heavy atom. The van der Waals surface area contributed by atoms with E-state index < -0.39 is 305 Å². The van der Waals surface area contributed by atoms with Crippen molar-refractivity contribution in [2.45, 2.75) is 220 Å². The van der Waals surface area contributed by atoms with Gasteiger partial charge in [0.1, 0.15) is 78.5 Å². The number of amides is 17. The second-order valence-electron chi connectivity index (χ2n) is 26.2. The third-order valence-electron chi connectivity index (χ3n) is 16.4. The normalized spacial score (nSPS) is 15.0. The highest BCUT2D eigenvalue weighted by Crippen LogP contribution is 2.12. The van der Waals surface area contributed by atoms with Crippen molar-refractivity contribution in [2.75, 3.05) is 46.0 Å². The molecule has 0 aliphatic heterocycles. The van der Waals surface area contributed by atoms with Gasteiger partial charge in [-0.05, 0) is 91.1 Å². The molecule has 53 heteroatoms. The molecule has 0 saturated carbocycles. The first-order valence-corrected chi connectivity index (χ1v) is 36.1. The first-order chi connectivity index (χ1) is 54.8. The first kappa shape index (κ1) is 105. The van der Waals surface area contributed by atoms with E-state index in [1.807, 2.05) is 37.2 Å². The third kappa shape index (κ3) is 42.7. The summed E-state index contributed by atoms with van der Waals surface area (Å²) in [7, 11) is 0. The Balaban J connectivity index is 6.97. The SMILES string of the molecule is C[C@@H](O)[C@H](NC(=O)[C@H](CO)NC(=O)[C@H](CO)NC(=O)CNC(=O)[C@@H](NC(=O)[C@@H](N)CCCCN)[C@@H](C)O)C(=O)N[C@@H](CC(N)=O)C(=O)N[C@@H](CC(N)=O)C(=O)N[C@@H](CC(N)=O)C(=O)N[C@@H](CCC(=O)O)C(=O)N[C@@H](CCC(=O)O)C(=O)N[C@@H](CCC(=O)O)C(=O)N[C@@H](CCCCN)C(=O)N[C@@H](CO)C(=O)N[C@@H](CCCN=C(N)N)C(=O)O. The standard InChI is InChI=1S/C64H109N23O30/c1-27(91)48(86-50(103)29(67)8-3-5-17-65)61(114)74-23-44(96)75-38(24-88)58(111)85-40(26-90)60(113)87-49(28(2)92)62(115)83-37(22-43(70)95)57(110)82-36(21-42(69)94)56(109)81-35(20-41(68)93)55(108)79-33(13-16-47(101)102)54(107)78-32(12-15-46(99)100)53(106)77-31(11-14-45(97)98)52(105)76-30(9-4-6-18-66)51(104)84-39(25-89)59(112)80-34(63(116)117)10-7-19-73-64(71)72/h27-40,48-49,88-92H,3-26,65-67H2,1-2H3,(H2,68,93)(H2,69,94)(H2,70,95)(H,74,114)(H,75,96)(H,76,105)(H,77,106)(H,78,107)(H,79,108)(H,80,112)(H,81,109)(H,82,110)(H,83,115)(H,84,104)(H,85,111)(H,86,103)(H,87,113)(H,97,98)(H,99,100)(H,101,102)(H,116,117)(H4,71,72,73)/t27-,28-,29+,30+,31+,32+,33+,34+,35+,36+,37+,38+,39+,40+,48+,49+/m1/s1. The van der Waals surface area contributed by atoms with Gasteiger partial charge in [-0.1, -0.05) is 6.42 Å². The molecule has 53 nitrogen and oxygen atoms in total. The van der Waals surface area contributed by atoms with Crippen molar-refractivity contribution in [3.05, 3.63) is 0 Å². The molecule has 0 fully saturated rings. The summed E-state index contributed by atoms with van der Waals surface area (Å²) in [5.41, 5.74) is 43.5. The number of guanidine groups is 1. The number of nitrogens with zero attached hydrogens (tertiary/aromatic N) is 1. The number of aliphatic hydroxyl groups excluding tert-OH is 5. The summed E-state index contributed by atoms with van der Waals surface area (Å²) in [5.74, 6) is -30.2. The van der Waals surface area contributed by atoms with Gasteiger partial charge in [0.2, 0.25) is 100 Å². The van der Waals surface area contributed by atoms with Crippen LogP contribution in [0.2, 0.25) is 0 Å². The van der Waals surface area contributed by atoms with E-state index >= 15 is 0 Å². The predicted octanol–water partition coefficient (Wildman–Crippen LogP) is -16.9. The largest absolute Gasteiger partial charge is 0.481 e. The third-order valence-corrected chi connectivity index (χ3v) is 16.4. The number of aliphatic carboxylic acids is 4. The molecule has 117 heavy (non-hydrogen) atoms. The van der Waals surface area contributed by atoms with Gasteiger partial charge in [0.15, 0.2) is 5.96 Å². The number of carbonyl (C=O) groups is 21. The van der Waals surface area contributed by atoms with Crippen LogP contribution in [0.5, 0.6) is 0 Å². The summed E-state index contributed by atoms with van der Waals surface area (Å²) in [4.78, 5) is 279. The van der Waals surface area contributed by atoms with Crippen molar-refractivity contribution in [1.82, 2.24) is 74.4 Å². The highest BCUT2D eigenvalue weighted by atomic mass is 16.4. The van der Waals surface area contributed by atoms with Gasteiger partial charge in [-0.3, -0.25) is 101 Å². The van der Waals surface area contributed by atoms with Crippen molar-refractivity contribution in [3.63, 3.8) is 0 Å². The van der Waals surface area contributed by atoms with E-state index in [1.165, 1.54) is 0 Å². The number of aliphatic imine (C=N–C) groups is 1. The van der Waals surface area contributed by atoms with Crippen LogP contribution >= 0.6 is 0 Å². The van der Waals surface area contributed by atoms with Gasteiger partial charge in [0.05, 0.1) is 63.9 Å². The highest BCUT2D eigenvalue weighted by Gasteiger charge is 2.40. The van der Waals surface area contributed by atoms with Crippen LogP contribution in [-0.2, 0) is 101 Å². The number of carboxylic acids is 4. The van der Waals surface area contributed by atoms with E-state index in [9.17, 15) is 147 Å². The summed E-state index contributed by atoms with van der Waals surface area (Å²) in [5, 5.41) is 118. The molecule has 0 aromatic heterocycles. The molecule has 16 atom stereocenters. The van der Waals surface area contributed by atoms with Gasteiger partial charge in [-0.25, -0.2) is 4.79 Å². The van der Waals surface area contributed by atoms with Gasteiger partial charge in [-0.15, -0.1) is 0 Å². The Morgan fingerprint density at radius 2 is 0.607 bits per heavy atom. The number of nitrogens with two attached hydrogens (primary N) is 8. The Morgan fingerprint density at radius 1 is 0.325 bits per heavy atom. The van der Waals surface area contributed by atoms with E-state index in [-0.39, 0.29) is 57.6 Å². The Hall–Kier alpha value is -12.2. The van der Waals surface area contributed by atoms with Crippen LogP contribution in [0.4, 0.5) is 0 Å². The van der Waals surface area contributed by atoms with E-state index in [0.717, 1.165) is 13.8 Å². The number of unbranched alkanes of at least 4 members (excludes halogenated alkanes) is 2. The molecule has 0 aliphatic carbocycles. The van der Waals surface area contributed by atoms with Crippen LogP contribution in [0.15, 0.2) is 4.99 Å². The molecule has 0 aromatic rings. The van der Waals surface area contributed by atoms with E-state index in [1.54, 1.807) is 0 Å². The van der Waals surface area contributed by atoms with E-state index in [4.69, 9.17) is 45.9 Å². The summed E-state index contributed by atoms with van der Waals surface area (Å²) >= 11 is 0. The fourth-order valence-corrected chi connectivity index (χ4v) is 10.1. The van der Waals surface area contributed by atoms with Gasteiger partial charge >= 0.3 is 23.9 Å². The molecule has 0 rings (SSSR count). The molecule has 39 N–H and O–H groups in total. The number of nitrogens with one attached hydrogen (secondary N) is 14. The number of carbonyl (C=O) groups excluding carboxylic acids is 17. The maximum atomic E-state index is 14.2. The smallest absolute Gasteiger partial charge is 0.326 e. The molecule has 0 aromatic carbocycles. The van der Waals surface area contributed by atoms with Crippen LogP contribution in [0.1, 0.15) is 123 Å². The molecule has 660 valence electrons. The molecule has 17 amide bonds. The van der Waals surface area contributed by atoms with Crippen LogP contribution in [0.3, 0.4) is 0 Å². The number of carboxylic acid groups (broad SMARTS) is 4. The van der Waals surface area contributed by atoms with Crippen LogP contribution < -0.4 is 120 Å². The van der Waals surface area contributed by atoms with Crippen LogP contribution in [0.25, 0.3) is 0 Å². The second kappa shape index (κ2) is 55.3. The molecule has 0 spiro atoms. The molecular weight excluding hydrogens is 1570 g/mol. The molecule has 0 aliphatic rings. The molecule has 0 bridgehead atoms. The van der Waals surface area contributed by atoms with Crippen molar-refractivity contribution >= 4 is 130 Å². The minimum absolute atomic E-state index is 0.0360. The Kier molecular flexibility index (Phi) is 49.6. The minimum Gasteiger partial charge on any atom is -0.481 e. The number of hydrogen-bond acceptors (Lipinski definition) is 30. The van der Waals surface area contributed by atoms with Crippen LogP contribution in [0, 0.1) is 0 Å². The van der Waals surface area contributed by atoms with Gasteiger partial charge in [-0.2, -0.15) is 0 Å². The number of aliphatic hydroxyl groups is 5. The van der Waals surface area contributed by atoms with Gasteiger partial charge in [0.25, 0.3) is 0 Å². The van der Waals surface area contributed by atoms with E-state index in [2.05, 4.69) is 42.2 Å². The summed E-state index contributed by atoms with van der Waals surface area (Å²) < 4.78 is 0. The lowest BCUT2D eigenvalue weighted by Gasteiger charge is -2.28. The predicted molar refractivity (Wildman–Crippen MR) is 396 cm³/mol. The molecule has 0 heterocycles. The van der Waals surface area contributed by atoms with Crippen LogP contribution in [-0.4, -0.2) is 319 Å². The summed E-state index contributed by atoms with van der Waals surface area (Å²) in [6, 6.07) is -27.5. The zero-order valence-corrected chi connectivity index (χ0v) is 63.9. The highest BCUT2D eigenvalue weighted by molar-refractivity contribution is 6.02. The van der Waals surface area contributed by atoms with E-state index in [0.29, 0.717) is 19.4 Å². The lowest BCUT2D eigenvalue weighted by molar-refractivity contribution is -0.143. The molecule has 0 saturated heterocycles. The fourth-order valence-electron chi connectivity index (χ4n) is 10.1. The number of rotatable bonds is 61. The van der Waals surface area contributed by atoms with Crippen molar-refractivity contribution in [2.24, 2.45) is 50.9 Å².